The Labute approximate surface area is 108 Å². The highest BCUT2D eigenvalue weighted by molar-refractivity contribution is 7.12. The summed E-state index contributed by atoms with van der Waals surface area (Å²) in [6.07, 6.45) is 0. The van der Waals surface area contributed by atoms with Gasteiger partial charge in [0.2, 0.25) is 0 Å². The molecule has 5 heteroatoms. The topological polar surface area (TPSA) is 40.5 Å². The van der Waals surface area contributed by atoms with Crippen molar-refractivity contribution in [2.75, 3.05) is 11.9 Å². The summed E-state index contributed by atoms with van der Waals surface area (Å²) in [7, 11) is 1.65. The first-order valence-electron chi connectivity index (χ1n) is 4.89. The van der Waals surface area contributed by atoms with Crippen molar-refractivity contribution in [3.8, 4) is 5.75 Å². The Morgan fingerprint density at radius 2 is 2.18 bits per heavy atom. The van der Waals surface area contributed by atoms with Crippen LogP contribution in [-0.4, -0.2) is 18.1 Å². The first-order valence-corrected chi connectivity index (χ1v) is 6.15. The lowest BCUT2D eigenvalue weighted by atomic mass is 10.2. The van der Waals surface area contributed by atoms with Crippen LogP contribution >= 0.6 is 22.9 Å². The van der Waals surface area contributed by atoms with Gasteiger partial charge in [0.05, 0.1) is 5.02 Å². The van der Waals surface area contributed by atoms with Gasteiger partial charge in [-0.25, -0.2) is 0 Å². The van der Waals surface area contributed by atoms with E-state index in [1.807, 2.05) is 0 Å². The summed E-state index contributed by atoms with van der Waals surface area (Å²) >= 11 is 7.21. The molecule has 1 aromatic heterocycles. The van der Waals surface area contributed by atoms with Crippen LogP contribution in [-0.2, 0) is 0 Å². The molecule has 1 amide bonds. The molecule has 0 saturated heterocycles. The molecule has 17 heavy (non-hydrogen) atoms. The number of hydrogen-bond acceptors (Lipinski definition) is 3. The molecule has 0 atom stereocenters. The molecule has 1 aromatic carbocycles. The van der Waals surface area contributed by atoms with Crippen LogP contribution in [0.2, 0.25) is 5.02 Å². The Balaban J connectivity index is 2.30. The standard InChI is InChI=1S/C12H10ClNO2S/c1-14(8-3-2-4-9(15)7-8)12(16)11-10(13)5-6-17-11/h2-7,15H,1H3. The van der Waals surface area contributed by atoms with Crippen LogP contribution in [0.1, 0.15) is 9.67 Å². The van der Waals surface area contributed by atoms with Crippen LogP contribution in [0.5, 0.6) is 5.75 Å². The van der Waals surface area contributed by atoms with Crippen LogP contribution in [0.3, 0.4) is 0 Å². The fourth-order valence-electron chi connectivity index (χ4n) is 1.42. The molecule has 1 N–H and O–H groups in total. The third kappa shape index (κ3) is 2.43. The molecule has 88 valence electrons. The Hall–Kier alpha value is -1.52. The average molecular weight is 268 g/mol. The van der Waals surface area contributed by atoms with E-state index in [0.29, 0.717) is 15.6 Å². The minimum Gasteiger partial charge on any atom is -0.508 e. The SMILES string of the molecule is CN(C(=O)c1sccc1Cl)c1cccc(O)c1. The van der Waals surface area contributed by atoms with Crippen molar-refractivity contribution in [1.82, 2.24) is 0 Å². The van der Waals surface area contributed by atoms with Gasteiger partial charge in [-0.3, -0.25) is 4.79 Å². The van der Waals surface area contributed by atoms with Crippen molar-refractivity contribution in [3.05, 3.63) is 45.6 Å². The van der Waals surface area contributed by atoms with E-state index in [0.717, 1.165) is 0 Å². The number of phenolic OH excluding ortho intramolecular Hbond substituents is 1. The predicted molar refractivity (Wildman–Crippen MR) is 70.2 cm³/mol. The lowest BCUT2D eigenvalue weighted by Gasteiger charge is -2.16. The van der Waals surface area contributed by atoms with Crippen LogP contribution < -0.4 is 4.90 Å². The molecular weight excluding hydrogens is 258 g/mol. The van der Waals surface area contributed by atoms with Gasteiger partial charge in [0.25, 0.3) is 5.91 Å². The maximum Gasteiger partial charge on any atom is 0.269 e. The second-order valence-electron chi connectivity index (χ2n) is 3.48. The number of halogens is 1. The number of benzene rings is 1. The van der Waals surface area contributed by atoms with Gasteiger partial charge in [0.1, 0.15) is 10.6 Å². The van der Waals surface area contributed by atoms with Crippen molar-refractivity contribution >= 4 is 34.5 Å². The summed E-state index contributed by atoms with van der Waals surface area (Å²) in [5.74, 6) is -0.0602. The van der Waals surface area contributed by atoms with Crippen molar-refractivity contribution in [1.29, 1.82) is 0 Å². The average Bonchev–Trinajstić information content (AvgIpc) is 2.73. The van der Waals surface area contributed by atoms with Crippen molar-refractivity contribution in [3.63, 3.8) is 0 Å². The molecule has 2 aromatic rings. The Morgan fingerprint density at radius 3 is 2.76 bits per heavy atom. The highest BCUT2D eigenvalue weighted by Crippen LogP contribution is 2.26. The van der Waals surface area contributed by atoms with E-state index >= 15 is 0 Å². The summed E-state index contributed by atoms with van der Waals surface area (Å²) in [5, 5.41) is 11.6. The van der Waals surface area contributed by atoms with Gasteiger partial charge in [-0.05, 0) is 23.6 Å². The minimum atomic E-state index is -0.185. The molecule has 1 heterocycles. The number of nitrogens with zero attached hydrogens (tertiary/aromatic N) is 1. The van der Waals surface area contributed by atoms with Crippen LogP contribution in [0, 0.1) is 0 Å². The van der Waals surface area contributed by atoms with E-state index in [9.17, 15) is 9.90 Å². The number of rotatable bonds is 2. The summed E-state index contributed by atoms with van der Waals surface area (Å²) in [6, 6.07) is 8.21. The molecule has 0 aliphatic carbocycles. The summed E-state index contributed by atoms with van der Waals surface area (Å²) in [4.78, 5) is 14.1. The monoisotopic (exact) mass is 267 g/mol. The Morgan fingerprint density at radius 1 is 1.41 bits per heavy atom. The van der Waals surface area contributed by atoms with E-state index in [1.165, 1.54) is 22.3 Å². The van der Waals surface area contributed by atoms with Crippen LogP contribution in [0.25, 0.3) is 0 Å². The first-order chi connectivity index (χ1) is 8.09. The molecule has 0 radical (unpaired) electrons. The van der Waals surface area contributed by atoms with Gasteiger partial charge in [-0.1, -0.05) is 17.7 Å². The number of carbonyl (C=O) groups is 1. The number of amides is 1. The molecule has 2 rings (SSSR count). The molecule has 0 aliphatic heterocycles. The minimum absolute atomic E-state index is 0.124. The van der Waals surface area contributed by atoms with Gasteiger partial charge >= 0.3 is 0 Å². The highest BCUT2D eigenvalue weighted by Gasteiger charge is 2.17. The lowest BCUT2D eigenvalue weighted by Crippen LogP contribution is -2.25. The fourth-order valence-corrected chi connectivity index (χ4v) is 2.53. The number of hydrogen-bond donors (Lipinski definition) is 1. The molecule has 0 saturated carbocycles. The van der Waals surface area contributed by atoms with Gasteiger partial charge in [0.15, 0.2) is 0 Å². The zero-order chi connectivity index (χ0) is 12.4. The van der Waals surface area contributed by atoms with E-state index in [1.54, 1.807) is 36.7 Å². The maximum atomic E-state index is 12.1. The van der Waals surface area contributed by atoms with E-state index < -0.39 is 0 Å². The number of phenols is 1. The van der Waals surface area contributed by atoms with E-state index in [2.05, 4.69) is 0 Å². The smallest absolute Gasteiger partial charge is 0.269 e. The van der Waals surface area contributed by atoms with E-state index in [4.69, 9.17) is 11.6 Å². The molecule has 0 unspecified atom stereocenters. The molecule has 3 nitrogen and oxygen atoms in total. The molecule has 0 spiro atoms. The first kappa shape index (κ1) is 12.0. The summed E-state index contributed by atoms with van der Waals surface area (Å²) in [6.45, 7) is 0. The van der Waals surface area contributed by atoms with Gasteiger partial charge in [-0.15, -0.1) is 11.3 Å². The summed E-state index contributed by atoms with van der Waals surface area (Å²) < 4.78 is 0. The normalized spacial score (nSPS) is 10.2. The largest absolute Gasteiger partial charge is 0.508 e. The van der Waals surface area contributed by atoms with Crippen molar-refractivity contribution in [2.24, 2.45) is 0 Å². The Kier molecular flexibility index (Phi) is 3.36. The quantitative estimate of drug-likeness (QED) is 0.906. The summed E-state index contributed by atoms with van der Waals surface area (Å²) in [5.41, 5.74) is 0.625. The van der Waals surface area contributed by atoms with Crippen molar-refractivity contribution in [2.45, 2.75) is 0 Å². The highest BCUT2D eigenvalue weighted by atomic mass is 35.5. The van der Waals surface area contributed by atoms with Crippen LogP contribution in [0.15, 0.2) is 35.7 Å². The molecule has 0 fully saturated rings. The molecular formula is C12H10ClNO2S. The lowest BCUT2D eigenvalue weighted by molar-refractivity contribution is 0.0997. The second-order valence-corrected chi connectivity index (χ2v) is 4.81. The number of carbonyl (C=O) groups excluding carboxylic acids is 1. The zero-order valence-corrected chi connectivity index (χ0v) is 10.6. The predicted octanol–water partition coefficient (Wildman–Crippen LogP) is 3.38. The van der Waals surface area contributed by atoms with E-state index in [-0.39, 0.29) is 11.7 Å². The fraction of sp³-hybridized carbons (Fsp3) is 0.0833. The zero-order valence-electron chi connectivity index (χ0n) is 9.05. The second kappa shape index (κ2) is 4.77. The third-order valence-electron chi connectivity index (χ3n) is 2.33. The van der Waals surface area contributed by atoms with Crippen molar-refractivity contribution < 1.29 is 9.90 Å². The van der Waals surface area contributed by atoms with Gasteiger partial charge < -0.3 is 10.0 Å². The van der Waals surface area contributed by atoms with Crippen LogP contribution in [0.4, 0.5) is 5.69 Å². The Bertz CT molecular complexity index is 553. The molecule has 0 bridgehead atoms. The number of aromatic hydroxyl groups is 1. The third-order valence-corrected chi connectivity index (χ3v) is 3.66. The van der Waals surface area contributed by atoms with Gasteiger partial charge in [0, 0.05) is 18.8 Å². The molecule has 0 aliphatic rings. The van der Waals surface area contributed by atoms with Gasteiger partial charge in [-0.2, -0.15) is 0 Å². The maximum absolute atomic E-state index is 12.1. The number of thiophene rings is 1. The number of anilines is 1.